The summed E-state index contributed by atoms with van der Waals surface area (Å²) in [7, 11) is 1.67. The van der Waals surface area contributed by atoms with E-state index in [-0.39, 0.29) is 6.10 Å². The van der Waals surface area contributed by atoms with Crippen molar-refractivity contribution in [3.8, 4) is 5.75 Å². The molecule has 0 aromatic heterocycles. The summed E-state index contributed by atoms with van der Waals surface area (Å²) < 4.78 is 5.50. The molecule has 14 heavy (non-hydrogen) atoms. The summed E-state index contributed by atoms with van der Waals surface area (Å²) in [5, 5.41) is 0. The molecule has 3 heteroatoms. The first kappa shape index (κ1) is 10.6. The van der Waals surface area contributed by atoms with Crippen molar-refractivity contribution in [2.24, 2.45) is 10.7 Å². The smallest absolute Gasteiger partial charge is 0.125 e. The molecule has 1 aromatic carbocycles. The molecule has 0 saturated carbocycles. The number of hydrogen-bond donors (Lipinski definition) is 1. The van der Waals surface area contributed by atoms with Crippen LogP contribution in [0.3, 0.4) is 0 Å². The number of nitrogens with two attached hydrogens (primary N) is 1. The van der Waals surface area contributed by atoms with Crippen molar-refractivity contribution in [3.05, 3.63) is 29.8 Å². The molecule has 3 nitrogen and oxygen atoms in total. The molecule has 0 aliphatic heterocycles. The average Bonchev–Trinajstić information content (AvgIpc) is 2.17. The van der Waals surface area contributed by atoms with Gasteiger partial charge in [0.25, 0.3) is 0 Å². The zero-order chi connectivity index (χ0) is 10.6. The number of hydrogen-bond acceptors (Lipinski definition) is 2. The fraction of sp³-hybridized carbons (Fsp3) is 0.364. The molecule has 0 spiro atoms. The summed E-state index contributed by atoms with van der Waals surface area (Å²) in [6.45, 7) is 3.99. The highest BCUT2D eigenvalue weighted by atomic mass is 16.5. The Morgan fingerprint density at radius 3 is 2.29 bits per heavy atom. The minimum atomic E-state index is 0.193. The number of nitrogens with zero attached hydrogens (tertiary/aromatic N) is 1. The normalized spacial score (nSPS) is 11.9. The van der Waals surface area contributed by atoms with Crippen molar-refractivity contribution < 1.29 is 4.74 Å². The van der Waals surface area contributed by atoms with Gasteiger partial charge >= 0.3 is 0 Å². The topological polar surface area (TPSA) is 47.6 Å². The van der Waals surface area contributed by atoms with Crippen molar-refractivity contribution in [2.45, 2.75) is 20.0 Å². The molecule has 0 aliphatic rings. The van der Waals surface area contributed by atoms with Crippen LogP contribution in [-0.2, 0) is 0 Å². The highest BCUT2D eigenvalue weighted by Gasteiger charge is 1.99. The van der Waals surface area contributed by atoms with Gasteiger partial charge in [-0.15, -0.1) is 0 Å². The van der Waals surface area contributed by atoms with E-state index in [2.05, 4.69) is 4.99 Å². The summed E-state index contributed by atoms with van der Waals surface area (Å²) in [5.74, 6) is 1.40. The number of ether oxygens (including phenoxy) is 1. The second kappa shape index (κ2) is 4.65. The standard InChI is InChI=1S/C11H16N2O/c1-8(2)14-10-6-4-9(5-7-10)11(12)13-3/h4-8H,1-3H3,(H2,12,13). The van der Waals surface area contributed by atoms with Gasteiger partial charge in [0, 0.05) is 12.6 Å². The minimum Gasteiger partial charge on any atom is -0.491 e. The largest absolute Gasteiger partial charge is 0.491 e. The number of amidine groups is 1. The molecule has 76 valence electrons. The minimum absolute atomic E-state index is 0.193. The van der Waals surface area contributed by atoms with E-state index in [0.29, 0.717) is 5.84 Å². The lowest BCUT2D eigenvalue weighted by Crippen LogP contribution is -2.12. The summed E-state index contributed by atoms with van der Waals surface area (Å²) in [6.07, 6.45) is 0.193. The van der Waals surface area contributed by atoms with E-state index in [9.17, 15) is 0 Å². The van der Waals surface area contributed by atoms with Gasteiger partial charge < -0.3 is 10.5 Å². The number of benzene rings is 1. The maximum absolute atomic E-state index is 5.65. The van der Waals surface area contributed by atoms with Gasteiger partial charge in [-0.25, -0.2) is 0 Å². The Hall–Kier alpha value is -1.51. The lowest BCUT2D eigenvalue weighted by Gasteiger charge is -2.09. The van der Waals surface area contributed by atoms with Gasteiger partial charge in [-0.2, -0.15) is 0 Å². The van der Waals surface area contributed by atoms with Gasteiger partial charge in [0.2, 0.25) is 0 Å². The maximum Gasteiger partial charge on any atom is 0.125 e. The third-order valence-electron chi connectivity index (χ3n) is 1.76. The van der Waals surface area contributed by atoms with Gasteiger partial charge in [-0.3, -0.25) is 4.99 Å². The molecule has 0 atom stereocenters. The van der Waals surface area contributed by atoms with E-state index in [1.54, 1.807) is 7.05 Å². The zero-order valence-corrected chi connectivity index (χ0v) is 8.82. The first-order chi connectivity index (χ1) is 6.63. The van der Waals surface area contributed by atoms with E-state index in [4.69, 9.17) is 10.5 Å². The van der Waals surface area contributed by atoms with Crippen LogP contribution >= 0.6 is 0 Å². The number of aliphatic imine (C=N–C) groups is 1. The van der Waals surface area contributed by atoms with Gasteiger partial charge in [-0.1, -0.05) is 0 Å². The predicted molar refractivity (Wildman–Crippen MR) is 58.9 cm³/mol. The van der Waals surface area contributed by atoms with Gasteiger partial charge in [0.15, 0.2) is 0 Å². The highest BCUT2D eigenvalue weighted by Crippen LogP contribution is 2.13. The summed E-state index contributed by atoms with van der Waals surface area (Å²) in [4.78, 5) is 3.90. The fourth-order valence-corrected chi connectivity index (χ4v) is 1.11. The Bertz CT molecular complexity index is 315. The van der Waals surface area contributed by atoms with Gasteiger partial charge in [-0.05, 0) is 38.1 Å². The molecule has 0 unspecified atom stereocenters. The molecule has 0 heterocycles. The lowest BCUT2D eigenvalue weighted by molar-refractivity contribution is 0.242. The molecule has 2 N–H and O–H groups in total. The molecule has 0 saturated heterocycles. The van der Waals surface area contributed by atoms with Crippen molar-refractivity contribution in [3.63, 3.8) is 0 Å². The molecular weight excluding hydrogens is 176 g/mol. The number of rotatable bonds is 3. The van der Waals surface area contributed by atoms with Crippen LogP contribution in [0.4, 0.5) is 0 Å². The Kier molecular flexibility index (Phi) is 3.51. The third-order valence-corrected chi connectivity index (χ3v) is 1.76. The molecule has 1 aromatic rings. The average molecular weight is 192 g/mol. The summed E-state index contributed by atoms with van der Waals surface area (Å²) in [6, 6.07) is 7.60. The van der Waals surface area contributed by atoms with Gasteiger partial charge in [0.1, 0.15) is 11.6 Å². The zero-order valence-electron chi connectivity index (χ0n) is 8.82. The maximum atomic E-state index is 5.65. The molecule has 0 fully saturated rings. The molecular formula is C11H16N2O. The second-order valence-electron chi connectivity index (χ2n) is 3.30. The van der Waals surface area contributed by atoms with Crippen LogP contribution in [0.25, 0.3) is 0 Å². The van der Waals surface area contributed by atoms with Crippen LogP contribution in [0.15, 0.2) is 29.3 Å². The van der Waals surface area contributed by atoms with Crippen LogP contribution in [0.5, 0.6) is 5.75 Å². The molecule has 0 radical (unpaired) electrons. The Morgan fingerprint density at radius 2 is 1.86 bits per heavy atom. The second-order valence-corrected chi connectivity index (χ2v) is 3.30. The van der Waals surface area contributed by atoms with E-state index in [0.717, 1.165) is 11.3 Å². The van der Waals surface area contributed by atoms with Crippen LogP contribution < -0.4 is 10.5 Å². The Labute approximate surface area is 84.6 Å². The molecule has 0 bridgehead atoms. The van der Waals surface area contributed by atoms with Crippen molar-refractivity contribution in [2.75, 3.05) is 7.05 Å². The molecule has 0 amide bonds. The first-order valence-electron chi connectivity index (χ1n) is 4.63. The fourth-order valence-electron chi connectivity index (χ4n) is 1.11. The van der Waals surface area contributed by atoms with Crippen LogP contribution in [0.1, 0.15) is 19.4 Å². The molecule has 1 rings (SSSR count). The van der Waals surface area contributed by atoms with E-state index >= 15 is 0 Å². The van der Waals surface area contributed by atoms with E-state index < -0.39 is 0 Å². The van der Waals surface area contributed by atoms with Crippen LogP contribution in [0, 0.1) is 0 Å². The highest BCUT2D eigenvalue weighted by molar-refractivity contribution is 5.97. The van der Waals surface area contributed by atoms with E-state index in [1.165, 1.54) is 0 Å². The lowest BCUT2D eigenvalue weighted by atomic mass is 10.2. The van der Waals surface area contributed by atoms with Gasteiger partial charge in [0.05, 0.1) is 6.10 Å². The Morgan fingerprint density at radius 1 is 1.29 bits per heavy atom. The Balaban J connectivity index is 2.78. The summed E-state index contributed by atoms with van der Waals surface area (Å²) >= 11 is 0. The third kappa shape index (κ3) is 2.76. The SMILES string of the molecule is CN=C(N)c1ccc(OC(C)C)cc1. The first-order valence-corrected chi connectivity index (χ1v) is 4.63. The molecule has 0 aliphatic carbocycles. The van der Waals surface area contributed by atoms with E-state index in [1.807, 2.05) is 38.1 Å². The monoisotopic (exact) mass is 192 g/mol. The van der Waals surface area contributed by atoms with Crippen molar-refractivity contribution in [1.82, 2.24) is 0 Å². The predicted octanol–water partition coefficient (Wildman–Crippen LogP) is 1.81. The van der Waals surface area contributed by atoms with Crippen molar-refractivity contribution in [1.29, 1.82) is 0 Å². The van der Waals surface area contributed by atoms with Crippen molar-refractivity contribution >= 4 is 5.84 Å². The van der Waals surface area contributed by atoms with Crippen LogP contribution in [-0.4, -0.2) is 19.0 Å². The summed E-state index contributed by atoms with van der Waals surface area (Å²) in [5.41, 5.74) is 6.57. The van der Waals surface area contributed by atoms with Crippen LogP contribution in [0.2, 0.25) is 0 Å². The quantitative estimate of drug-likeness (QED) is 0.586.